The van der Waals surface area contributed by atoms with Gasteiger partial charge in [-0.05, 0) is 26.0 Å². The highest BCUT2D eigenvalue weighted by molar-refractivity contribution is 5.91. The molecule has 0 fully saturated rings. The molecule has 1 aromatic carbocycles. The average molecular weight is 284 g/mol. The van der Waals surface area contributed by atoms with Crippen LogP contribution in [0.2, 0.25) is 0 Å². The van der Waals surface area contributed by atoms with Crippen molar-refractivity contribution in [2.24, 2.45) is 0 Å². The highest BCUT2D eigenvalue weighted by Gasteiger charge is 2.11. The molecule has 3 rings (SSSR count). The predicted octanol–water partition coefficient (Wildman–Crippen LogP) is 2.07. The molecule has 0 saturated heterocycles. The molecule has 1 amide bonds. The van der Waals surface area contributed by atoms with Gasteiger partial charge in [-0.15, -0.1) is 0 Å². The number of amides is 1. The van der Waals surface area contributed by atoms with E-state index in [0.717, 1.165) is 16.9 Å². The van der Waals surface area contributed by atoms with Crippen LogP contribution in [0, 0.1) is 13.8 Å². The molecule has 0 aliphatic carbocycles. The molecule has 0 aliphatic heterocycles. The van der Waals surface area contributed by atoms with Gasteiger partial charge in [-0.25, -0.2) is 4.98 Å². The highest BCUT2D eigenvalue weighted by atomic mass is 16.5. The number of carbonyl (C=O) groups excluding carboxylic acids is 1. The normalized spacial score (nSPS) is 11.0. The average Bonchev–Trinajstić information content (AvgIpc) is 3.03. The second kappa shape index (κ2) is 5.40. The van der Waals surface area contributed by atoms with E-state index >= 15 is 0 Å². The molecule has 6 nitrogen and oxygen atoms in total. The number of nitrogens with one attached hydrogen (secondary N) is 1. The van der Waals surface area contributed by atoms with Gasteiger partial charge in [0.15, 0.2) is 0 Å². The van der Waals surface area contributed by atoms with E-state index in [0.29, 0.717) is 18.8 Å². The zero-order valence-electron chi connectivity index (χ0n) is 12.0. The van der Waals surface area contributed by atoms with Crippen molar-refractivity contribution in [2.45, 2.75) is 20.4 Å². The van der Waals surface area contributed by atoms with Crippen molar-refractivity contribution in [1.29, 1.82) is 0 Å². The lowest BCUT2D eigenvalue weighted by molar-refractivity contribution is 0.0915. The summed E-state index contributed by atoms with van der Waals surface area (Å²) in [6.45, 7) is 4.90. The SMILES string of the molecule is Cc1cc(C(=O)NCCn2c(C)nc3ccccc32)on1. The molecule has 2 aromatic heterocycles. The Bertz CT molecular complexity index is 788. The van der Waals surface area contributed by atoms with Gasteiger partial charge in [0.2, 0.25) is 5.76 Å². The van der Waals surface area contributed by atoms with E-state index in [9.17, 15) is 4.79 Å². The van der Waals surface area contributed by atoms with Gasteiger partial charge < -0.3 is 14.4 Å². The van der Waals surface area contributed by atoms with E-state index in [2.05, 4.69) is 20.0 Å². The van der Waals surface area contributed by atoms with Crippen molar-refractivity contribution >= 4 is 16.9 Å². The zero-order chi connectivity index (χ0) is 14.8. The van der Waals surface area contributed by atoms with Crippen LogP contribution in [0.25, 0.3) is 11.0 Å². The Kier molecular flexibility index (Phi) is 3.43. The first-order valence-electron chi connectivity index (χ1n) is 6.78. The number of benzene rings is 1. The molecular formula is C15H16N4O2. The molecule has 3 aromatic rings. The predicted molar refractivity (Wildman–Crippen MR) is 78.0 cm³/mol. The van der Waals surface area contributed by atoms with Gasteiger partial charge in [0.1, 0.15) is 5.82 Å². The van der Waals surface area contributed by atoms with Crippen molar-refractivity contribution in [3.8, 4) is 0 Å². The number of carbonyl (C=O) groups is 1. The largest absolute Gasteiger partial charge is 0.351 e. The summed E-state index contributed by atoms with van der Waals surface area (Å²) in [6.07, 6.45) is 0. The summed E-state index contributed by atoms with van der Waals surface area (Å²) in [7, 11) is 0. The van der Waals surface area contributed by atoms with Gasteiger partial charge in [-0.3, -0.25) is 4.79 Å². The van der Waals surface area contributed by atoms with Crippen molar-refractivity contribution in [3.63, 3.8) is 0 Å². The number of nitrogens with zero attached hydrogens (tertiary/aromatic N) is 3. The lowest BCUT2D eigenvalue weighted by Gasteiger charge is -2.07. The number of aromatic nitrogens is 3. The summed E-state index contributed by atoms with van der Waals surface area (Å²) in [5, 5.41) is 6.52. The molecule has 0 radical (unpaired) electrons. The highest BCUT2D eigenvalue weighted by Crippen LogP contribution is 2.14. The Morgan fingerprint density at radius 3 is 2.90 bits per heavy atom. The van der Waals surface area contributed by atoms with Gasteiger partial charge >= 0.3 is 0 Å². The maximum Gasteiger partial charge on any atom is 0.289 e. The fourth-order valence-electron chi connectivity index (χ4n) is 2.32. The quantitative estimate of drug-likeness (QED) is 0.796. The number of aryl methyl sites for hydroxylation is 2. The summed E-state index contributed by atoms with van der Waals surface area (Å²) >= 11 is 0. The van der Waals surface area contributed by atoms with Crippen LogP contribution in [-0.4, -0.2) is 27.2 Å². The maximum absolute atomic E-state index is 11.9. The van der Waals surface area contributed by atoms with E-state index in [1.807, 2.05) is 31.2 Å². The third-order valence-electron chi connectivity index (χ3n) is 3.32. The number of hydrogen-bond acceptors (Lipinski definition) is 4. The molecule has 0 aliphatic rings. The van der Waals surface area contributed by atoms with Crippen LogP contribution in [-0.2, 0) is 6.54 Å². The second-order valence-electron chi connectivity index (χ2n) is 4.89. The van der Waals surface area contributed by atoms with Crippen molar-refractivity contribution in [2.75, 3.05) is 6.54 Å². The Morgan fingerprint density at radius 1 is 1.33 bits per heavy atom. The van der Waals surface area contributed by atoms with Crippen LogP contribution in [0.15, 0.2) is 34.9 Å². The van der Waals surface area contributed by atoms with Crippen molar-refractivity contribution in [1.82, 2.24) is 20.0 Å². The van der Waals surface area contributed by atoms with Crippen LogP contribution < -0.4 is 5.32 Å². The number of para-hydroxylation sites is 2. The van der Waals surface area contributed by atoms with Crippen LogP contribution in [0.4, 0.5) is 0 Å². The van der Waals surface area contributed by atoms with Crippen LogP contribution in [0.1, 0.15) is 22.1 Å². The Labute approximate surface area is 121 Å². The monoisotopic (exact) mass is 284 g/mol. The lowest BCUT2D eigenvalue weighted by atomic mass is 10.3. The first-order valence-corrected chi connectivity index (χ1v) is 6.78. The van der Waals surface area contributed by atoms with Crippen LogP contribution >= 0.6 is 0 Å². The molecule has 108 valence electrons. The van der Waals surface area contributed by atoms with Gasteiger partial charge in [-0.2, -0.15) is 0 Å². The van der Waals surface area contributed by atoms with Crippen LogP contribution in [0.5, 0.6) is 0 Å². The molecule has 0 atom stereocenters. The minimum atomic E-state index is -0.252. The first kappa shape index (κ1) is 13.4. The molecule has 1 N–H and O–H groups in total. The fraction of sp³-hybridized carbons (Fsp3) is 0.267. The molecule has 0 bridgehead atoms. The Balaban J connectivity index is 1.67. The smallest absolute Gasteiger partial charge is 0.289 e. The number of fused-ring (bicyclic) bond motifs is 1. The zero-order valence-corrected chi connectivity index (χ0v) is 12.0. The summed E-state index contributed by atoms with van der Waals surface area (Å²) < 4.78 is 7.01. The molecule has 6 heteroatoms. The third-order valence-corrected chi connectivity index (χ3v) is 3.32. The lowest BCUT2D eigenvalue weighted by Crippen LogP contribution is -2.27. The number of imidazole rings is 1. The van der Waals surface area contributed by atoms with Crippen molar-refractivity contribution in [3.05, 3.63) is 47.6 Å². The molecule has 21 heavy (non-hydrogen) atoms. The standard InChI is InChI=1S/C15H16N4O2/c1-10-9-14(21-18-10)15(20)16-7-8-19-11(2)17-12-5-3-4-6-13(12)19/h3-6,9H,7-8H2,1-2H3,(H,16,20). The first-order chi connectivity index (χ1) is 10.1. The minimum Gasteiger partial charge on any atom is -0.351 e. The van der Waals surface area contributed by atoms with Gasteiger partial charge in [0.25, 0.3) is 5.91 Å². The topological polar surface area (TPSA) is 73.0 Å². The van der Waals surface area contributed by atoms with Gasteiger partial charge in [0.05, 0.1) is 16.7 Å². The second-order valence-corrected chi connectivity index (χ2v) is 4.89. The molecule has 2 heterocycles. The van der Waals surface area contributed by atoms with Gasteiger partial charge in [-0.1, -0.05) is 17.3 Å². The van der Waals surface area contributed by atoms with Crippen LogP contribution in [0.3, 0.4) is 0 Å². The number of rotatable bonds is 4. The third kappa shape index (κ3) is 2.65. The maximum atomic E-state index is 11.9. The molecule has 0 spiro atoms. The van der Waals surface area contributed by atoms with E-state index < -0.39 is 0 Å². The summed E-state index contributed by atoms with van der Waals surface area (Å²) in [5.74, 6) is 0.915. The van der Waals surface area contributed by atoms with E-state index in [-0.39, 0.29) is 11.7 Å². The number of hydrogen-bond donors (Lipinski definition) is 1. The molecule has 0 unspecified atom stereocenters. The fourth-order valence-corrected chi connectivity index (χ4v) is 2.32. The van der Waals surface area contributed by atoms with E-state index in [1.165, 1.54) is 0 Å². The molecular weight excluding hydrogens is 268 g/mol. The minimum absolute atomic E-state index is 0.236. The summed E-state index contributed by atoms with van der Waals surface area (Å²) in [6, 6.07) is 9.57. The van der Waals surface area contributed by atoms with Crippen molar-refractivity contribution < 1.29 is 9.32 Å². The molecule has 0 saturated carbocycles. The van der Waals surface area contributed by atoms with Gasteiger partial charge in [0, 0.05) is 19.2 Å². The van der Waals surface area contributed by atoms with E-state index in [4.69, 9.17) is 4.52 Å². The van der Waals surface area contributed by atoms with E-state index in [1.54, 1.807) is 13.0 Å². The summed E-state index contributed by atoms with van der Waals surface area (Å²) in [5.41, 5.74) is 2.73. The summed E-state index contributed by atoms with van der Waals surface area (Å²) in [4.78, 5) is 16.4. The Morgan fingerprint density at radius 2 is 2.14 bits per heavy atom. The Hall–Kier alpha value is -2.63.